The van der Waals surface area contributed by atoms with Crippen LogP contribution in [0.25, 0.3) is 27.6 Å². The summed E-state index contributed by atoms with van der Waals surface area (Å²) in [6.45, 7) is 6.76. The van der Waals surface area contributed by atoms with Gasteiger partial charge in [-0.1, -0.05) is 154 Å². The third-order valence-corrected chi connectivity index (χ3v) is 11.3. The van der Waals surface area contributed by atoms with E-state index in [1.54, 1.807) is 0 Å². The van der Waals surface area contributed by atoms with Crippen LogP contribution in [0.4, 0.5) is 22.7 Å². The Morgan fingerprint density at radius 1 is 0.421 bits per heavy atom. The summed E-state index contributed by atoms with van der Waals surface area (Å²) in [6.07, 6.45) is 1.95. The fourth-order valence-electron chi connectivity index (χ4n) is 8.61. The molecule has 5 heteroatoms. The number of hydrogen-bond acceptors (Lipinski definition) is 4. The molecule has 1 aliphatic heterocycles. The smallest absolute Gasteiger partial charge is 0.137 e. The summed E-state index contributed by atoms with van der Waals surface area (Å²) in [7, 11) is 0. The van der Waals surface area contributed by atoms with Crippen molar-refractivity contribution >= 4 is 44.6 Å². The molecule has 0 aliphatic carbocycles. The number of hydrogen-bond donors (Lipinski definition) is 0. The van der Waals surface area contributed by atoms with Gasteiger partial charge in [0.15, 0.2) is 0 Å². The van der Waals surface area contributed by atoms with Crippen molar-refractivity contribution in [3.63, 3.8) is 0 Å². The molecule has 0 fully saturated rings. The van der Waals surface area contributed by atoms with E-state index in [2.05, 4.69) is 201 Å². The van der Waals surface area contributed by atoms with E-state index in [9.17, 15) is 0 Å². The minimum Gasteiger partial charge on any atom is -0.294 e. The summed E-state index contributed by atoms with van der Waals surface area (Å²) in [4.78, 5) is 11.7. The minimum absolute atomic E-state index is 0.0277. The minimum atomic E-state index is -0.715. The molecule has 0 unspecified atom stereocenters. The van der Waals surface area contributed by atoms with Gasteiger partial charge in [-0.05, 0) is 93.9 Å². The van der Waals surface area contributed by atoms with Crippen LogP contribution < -0.4 is 10.1 Å². The Kier molecular flexibility index (Phi) is 8.28. The lowest BCUT2D eigenvalue weighted by Crippen LogP contribution is -2.31. The largest absolute Gasteiger partial charge is 0.294 e. The highest BCUT2D eigenvalue weighted by atomic mass is 16.8. The zero-order chi connectivity index (χ0) is 38.6. The highest BCUT2D eigenvalue weighted by Gasteiger charge is 2.40. The van der Waals surface area contributed by atoms with Crippen LogP contribution in [0.1, 0.15) is 48.6 Å². The third-order valence-electron chi connectivity index (χ3n) is 11.3. The number of fused-ring (bicyclic) bond motifs is 4. The van der Waals surface area contributed by atoms with E-state index in [1.807, 2.05) is 34.5 Å². The van der Waals surface area contributed by atoms with Crippen LogP contribution in [-0.2, 0) is 15.8 Å². The molecule has 0 radical (unpaired) electrons. The van der Waals surface area contributed by atoms with Crippen molar-refractivity contribution in [3.8, 4) is 5.82 Å². The molecule has 57 heavy (non-hydrogen) atoms. The van der Waals surface area contributed by atoms with E-state index in [-0.39, 0.29) is 5.41 Å². The Bertz CT molecular complexity index is 2840. The van der Waals surface area contributed by atoms with E-state index in [0.29, 0.717) is 0 Å². The fraction of sp³-hybridized carbons (Fsp3) is 0.0962. The molecule has 5 nitrogen and oxygen atoms in total. The Labute approximate surface area is 333 Å². The molecule has 10 rings (SSSR count). The Balaban J connectivity index is 1.23. The van der Waals surface area contributed by atoms with Gasteiger partial charge in [-0.2, -0.15) is 10.1 Å². The van der Waals surface area contributed by atoms with Gasteiger partial charge >= 0.3 is 0 Å². The molecular formula is C52H42N4O. The number of aromatic nitrogens is 2. The van der Waals surface area contributed by atoms with Crippen LogP contribution in [0.15, 0.2) is 200 Å². The van der Waals surface area contributed by atoms with Crippen molar-refractivity contribution in [1.29, 1.82) is 0 Å². The topological polar surface area (TPSA) is 33.5 Å². The molecule has 7 aromatic carbocycles. The molecule has 9 aromatic rings. The number of para-hydroxylation sites is 4. The molecule has 3 heterocycles. The van der Waals surface area contributed by atoms with Gasteiger partial charge in [0.25, 0.3) is 0 Å². The molecule has 276 valence electrons. The first-order chi connectivity index (χ1) is 27.9. The second kappa shape index (κ2) is 13.7. The second-order valence-corrected chi connectivity index (χ2v) is 15.8. The van der Waals surface area contributed by atoms with Crippen molar-refractivity contribution in [2.24, 2.45) is 0 Å². The van der Waals surface area contributed by atoms with Crippen LogP contribution in [0.5, 0.6) is 0 Å². The third kappa shape index (κ3) is 5.70. The van der Waals surface area contributed by atoms with Crippen LogP contribution in [0.2, 0.25) is 0 Å². The van der Waals surface area contributed by atoms with Gasteiger partial charge in [-0.3, -0.25) is 4.57 Å². The van der Waals surface area contributed by atoms with Gasteiger partial charge in [0.2, 0.25) is 0 Å². The van der Waals surface area contributed by atoms with E-state index in [1.165, 1.54) is 16.3 Å². The average Bonchev–Trinajstić information content (AvgIpc) is 3.81. The molecule has 0 N–H and O–H groups in total. The van der Waals surface area contributed by atoms with Gasteiger partial charge < -0.3 is 0 Å². The maximum atomic E-state index is 6.73. The van der Waals surface area contributed by atoms with Crippen molar-refractivity contribution in [2.75, 3.05) is 10.1 Å². The predicted molar refractivity (Wildman–Crippen MR) is 234 cm³/mol. The second-order valence-electron chi connectivity index (χ2n) is 15.8. The first-order valence-corrected chi connectivity index (χ1v) is 19.6. The normalized spacial score (nSPS) is 13.0. The van der Waals surface area contributed by atoms with Crippen LogP contribution in [0, 0.1) is 0 Å². The van der Waals surface area contributed by atoms with E-state index in [4.69, 9.17) is 9.92 Å². The first-order valence-electron chi connectivity index (χ1n) is 19.6. The number of pyridine rings is 1. The summed E-state index contributed by atoms with van der Waals surface area (Å²) in [6, 6.07) is 69.3. The van der Waals surface area contributed by atoms with Gasteiger partial charge in [0.05, 0.1) is 39.2 Å². The molecule has 2 aromatic heterocycles. The van der Waals surface area contributed by atoms with E-state index >= 15 is 0 Å². The van der Waals surface area contributed by atoms with Crippen molar-refractivity contribution in [1.82, 2.24) is 9.55 Å². The Hall–Kier alpha value is -6.95. The maximum absolute atomic E-state index is 6.73. The summed E-state index contributed by atoms with van der Waals surface area (Å²) in [5.41, 5.74) is 11.2. The van der Waals surface area contributed by atoms with Crippen LogP contribution in [0.3, 0.4) is 0 Å². The fourth-order valence-corrected chi connectivity index (χ4v) is 8.61. The van der Waals surface area contributed by atoms with Gasteiger partial charge in [0.1, 0.15) is 5.82 Å². The average molecular weight is 739 g/mol. The zero-order valence-electron chi connectivity index (χ0n) is 32.2. The lowest BCUT2D eigenvalue weighted by atomic mass is 9.65. The Morgan fingerprint density at radius 3 is 1.65 bits per heavy atom. The number of nitrogens with zero attached hydrogens (tertiary/aromatic N) is 4. The molecule has 0 bridgehead atoms. The number of benzene rings is 7. The molecule has 0 spiro atoms. The summed E-state index contributed by atoms with van der Waals surface area (Å²) in [5, 5.41) is 6.23. The number of rotatable bonds is 7. The van der Waals surface area contributed by atoms with Crippen LogP contribution in [-0.4, -0.2) is 9.55 Å². The molecule has 0 amide bonds. The molecular weight excluding hydrogens is 697 g/mol. The zero-order valence-corrected chi connectivity index (χ0v) is 32.2. The van der Waals surface area contributed by atoms with E-state index in [0.717, 1.165) is 61.9 Å². The lowest BCUT2D eigenvalue weighted by molar-refractivity contribution is 0.156. The Morgan fingerprint density at radius 2 is 0.965 bits per heavy atom. The van der Waals surface area contributed by atoms with Crippen molar-refractivity contribution in [2.45, 2.75) is 31.6 Å². The first kappa shape index (κ1) is 34.5. The van der Waals surface area contributed by atoms with E-state index < -0.39 is 5.41 Å². The van der Waals surface area contributed by atoms with Gasteiger partial charge in [0, 0.05) is 17.0 Å². The van der Waals surface area contributed by atoms with Crippen molar-refractivity contribution in [3.05, 3.63) is 228 Å². The summed E-state index contributed by atoms with van der Waals surface area (Å²) in [5.74, 6) is 0.908. The summed E-state index contributed by atoms with van der Waals surface area (Å²) < 4.78 is 2.34. The monoisotopic (exact) mass is 738 g/mol. The quantitative estimate of drug-likeness (QED) is 0.152. The predicted octanol–water partition coefficient (Wildman–Crippen LogP) is 13.0. The number of anilines is 4. The van der Waals surface area contributed by atoms with Crippen molar-refractivity contribution < 1.29 is 4.94 Å². The molecule has 1 aliphatic rings. The maximum Gasteiger partial charge on any atom is 0.137 e. The van der Waals surface area contributed by atoms with Gasteiger partial charge in [-0.15, -0.1) is 4.94 Å². The molecule has 0 saturated carbocycles. The SMILES string of the molecule is CC(C)(C)c1ccnc(-n2c3ccccc3c3ccc(C(c4ccccc4)(c4ccccc4)c4cccc(N5ON(c6ccccc6)c6ccccc65)c4)cc32)c1. The standard InChI is InChI=1S/C52H42N4O/c1-51(2,3)39-32-33-53-50(36-39)54-46-27-14-13-26-44(46)45-31-30-41(35-49(45)54)52(37-18-7-4-8-19-37,38-20-9-5-10-21-38)40-22-17-25-43(34-40)56-48-29-16-15-28-47(48)55(57-56)42-23-11-6-12-24-42/h4-36H,1-3H3. The molecule has 0 saturated heterocycles. The summed E-state index contributed by atoms with van der Waals surface area (Å²) >= 11 is 0. The highest BCUT2D eigenvalue weighted by Crippen LogP contribution is 2.50. The van der Waals surface area contributed by atoms with Gasteiger partial charge in [-0.25, -0.2) is 4.98 Å². The van der Waals surface area contributed by atoms with Crippen LogP contribution >= 0.6 is 0 Å². The molecule has 0 atom stereocenters. The lowest BCUT2D eigenvalue weighted by Gasteiger charge is -2.37. The highest BCUT2D eigenvalue weighted by molar-refractivity contribution is 6.09.